The van der Waals surface area contributed by atoms with E-state index in [0.717, 1.165) is 27.6 Å². The smallest absolute Gasteiger partial charge is 0.306 e. The fraction of sp³-hybridized carbons (Fsp3) is 0.222. The number of benzene rings is 1. The first-order valence-corrected chi connectivity index (χ1v) is 7.58. The van der Waals surface area contributed by atoms with Crippen LogP contribution in [0.1, 0.15) is 18.9 Å². The van der Waals surface area contributed by atoms with Gasteiger partial charge in [-0.05, 0) is 37.1 Å². The van der Waals surface area contributed by atoms with Gasteiger partial charge < -0.3 is 14.8 Å². The highest BCUT2D eigenvalue weighted by Gasteiger charge is 2.12. The number of aromatic nitrogens is 2. The summed E-state index contributed by atoms with van der Waals surface area (Å²) in [5.41, 5.74) is 3.89. The molecule has 5 heteroatoms. The van der Waals surface area contributed by atoms with E-state index in [1.807, 2.05) is 18.3 Å². The van der Waals surface area contributed by atoms with Gasteiger partial charge in [-0.3, -0.25) is 9.78 Å². The Balaban J connectivity index is 1.94. The standard InChI is InChI=1S/C18H18N2O3/c1-2-23-18(22)6-3-12-7-8-19-10-15(12)16-11-20-17-9-13(21)4-5-14(16)17/h4-5,7-11,20-21H,2-3,6H2,1H3. The molecular formula is C18H18N2O3. The Morgan fingerprint density at radius 3 is 3.00 bits per heavy atom. The number of aromatic hydroxyl groups is 1. The third-order valence-corrected chi connectivity index (χ3v) is 3.77. The van der Waals surface area contributed by atoms with Gasteiger partial charge in [0, 0.05) is 53.1 Å². The van der Waals surface area contributed by atoms with Crippen molar-refractivity contribution in [2.75, 3.05) is 6.61 Å². The van der Waals surface area contributed by atoms with Crippen LogP contribution in [0.15, 0.2) is 42.9 Å². The van der Waals surface area contributed by atoms with Gasteiger partial charge in [0.25, 0.3) is 0 Å². The molecule has 5 nitrogen and oxygen atoms in total. The van der Waals surface area contributed by atoms with Crippen LogP contribution in [0, 0.1) is 0 Å². The zero-order chi connectivity index (χ0) is 16.2. The van der Waals surface area contributed by atoms with Crippen molar-refractivity contribution in [3.63, 3.8) is 0 Å². The summed E-state index contributed by atoms with van der Waals surface area (Å²) in [6.45, 7) is 2.20. The van der Waals surface area contributed by atoms with E-state index in [9.17, 15) is 9.90 Å². The molecule has 0 spiro atoms. The molecule has 0 bridgehead atoms. The molecule has 0 saturated heterocycles. The van der Waals surface area contributed by atoms with Crippen LogP contribution in [-0.2, 0) is 16.0 Å². The molecule has 0 atom stereocenters. The maximum Gasteiger partial charge on any atom is 0.306 e. The molecule has 0 fully saturated rings. The molecule has 3 aromatic rings. The summed E-state index contributed by atoms with van der Waals surface area (Å²) in [4.78, 5) is 19.0. The van der Waals surface area contributed by atoms with Crippen molar-refractivity contribution < 1.29 is 14.6 Å². The van der Waals surface area contributed by atoms with Crippen LogP contribution in [0.25, 0.3) is 22.0 Å². The molecule has 118 valence electrons. The number of nitrogens with one attached hydrogen (secondary N) is 1. The zero-order valence-electron chi connectivity index (χ0n) is 12.9. The van der Waals surface area contributed by atoms with Gasteiger partial charge in [0.1, 0.15) is 5.75 Å². The van der Waals surface area contributed by atoms with Gasteiger partial charge in [0.2, 0.25) is 0 Å². The second kappa shape index (κ2) is 6.52. The molecule has 0 amide bonds. The Kier molecular flexibility index (Phi) is 4.28. The minimum absolute atomic E-state index is 0.195. The van der Waals surface area contributed by atoms with E-state index in [-0.39, 0.29) is 11.7 Å². The third-order valence-electron chi connectivity index (χ3n) is 3.77. The third kappa shape index (κ3) is 3.18. The maximum absolute atomic E-state index is 11.6. The Labute approximate surface area is 133 Å². The summed E-state index contributed by atoms with van der Waals surface area (Å²) in [6, 6.07) is 7.15. The molecule has 3 rings (SSSR count). The number of aromatic amines is 1. The summed E-state index contributed by atoms with van der Waals surface area (Å²) in [7, 11) is 0. The minimum atomic E-state index is -0.195. The number of ether oxygens (including phenoxy) is 1. The molecule has 23 heavy (non-hydrogen) atoms. The Morgan fingerprint density at radius 2 is 2.17 bits per heavy atom. The van der Waals surface area contributed by atoms with Crippen molar-refractivity contribution >= 4 is 16.9 Å². The first-order chi connectivity index (χ1) is 11.2. The molecule has 0 aliphatic carbocycles. The van der Waals surface area contributed by atoms with Crippen LogP contribution < -0.4 is 0 Å². The number of pyridine rings is 1. The molecule has 0 aliphatic heterocycles. The van der Waals surface area contributed by atoms with Gasteiger partial charge in [-0.2, -0.15) is 0 Å². The molecule has 2 aromatic heterocycles. The monoisotopic (exact) mass is 310 g/mol. The number of carbonyl (C=O) groups is 1. The topological polar surface area (TPSA) is 75.2 Å². The SMILES string of the molecule is CCOC(=O)CCc1ccncc1-c1c[nH]c2cc(O)ccc12. The zero-order valence-corrected chi connectivity index (χ0v) is 12.9. The van der Waals surface area contributed by atoms with Gasteiger partial charge >= 0.3 is 5.97 Å². The van der Waals surface area contributed by atoms with E-state index in [1.165, 1.54) is 0 Å². The van der Waals surface area contributed by atoms with Gasteiger partial charge in [-0.1, -0.05) is 0 Å². The first-order valence-electron chi connectivity index (χ1n) is 7.58. The van der Waals surface area contributed by atoms with E-state index in [2.05, 4.69) is 9.97 Å². The van der Waals surface area contributed by atoms with Crippen molar-refractivity contribution in [1.82, 2.24) is 9.97 Å². The molecule has 0 saturated carbocycles. The number of hydrogen-bond acceptors (Lipinski definition) is 4. The highest BCUT2D eigenvalue weighted by molar-refractivity contribution is 5.96. The van der Waals surface area contributed by atoms with Crippen LogP contribution >= 0.6 is 0 Å². The maximum atomic E-state index is 11.6. The second-order valence-corrected chi connectivity index (χ2v) is 5.27. The lowest BCUT2D eigenvalue weighted by Crippen LogP contribution is -2.05. The van der Waals surface area contributed by atoms with Crippen molar-refractivity contribution in [3.8, 4) is 16.9 Å². The number of phenols is 1. The number of carbonyl (C=O) groups excluding carboxylic acids is 1. The fourth-order valence-electron chi connectivity index (χ4n) is 2.69. The summed E-state index contributed by atoms with van der Waals surface area (Å²) >= 11 is 0. The van der Waals surface area contributed by atoms with E-state index in [1.54, 1.807) is 31.5 Å². The van der Waals surface area contributed by atoms with Crippen molar-refractivity contribution in [2.24, 2.45) is 0 Å². The predicted molar refractivity (Wildman–Crippen MR) is 88.1 cm³/mol. The van der Waals surface area contributed by atoms with E-state index in [0.29, 0.717) is 19.4 Å². The van der Waals surface area contributed by atoms with Crippen LogP contribution in [0.3, 0.4) is 0 Å². The summed E-state index contributed by atoms with van der Waals surface area (Å²) in [5, 5.41) is 10.6. The number of hydrogen-bond donors (Lipinski definition) is 2. The normalized spacial score (nSPS) is 10.8. The summed E-state index contributed by atoms with van der Waals surface area (Å²) < 4.78 is 4.99. The Bertz CT molecular complexity index is 839. The van der Waals surface area contributed by atoms with Crippen LogP contribution in [0.5, 0.6) is 5.75 Å². The molecule has 0 radical (unpaired) electrons. The van der Waals surface area contributed by atoms with Crippen LogP contribution in [-0.4, -0.2) is 27.7 Å². The predicted octanol–water partition coefficient (Wildman–Crippen LogP) is 3.43. The average molecular weight is 310 g/mol. The number of H-pyrrole nitrogens is 1. The summed E-state index contributed by atoms with van der Waals surface area (Å²) in [6.07, 6.45) is 6.37. The van der Waals surface area contributed by atoms with Gasteiger partial charge in [0.05, 0.1) is 6.61 Å². The molecule has 1 aromatic carbocycles. The molecule has 2 N–H and O–H groups in total. The van der Waals surface area contributed by atoms with E-state index in [4.69, 9.17) is 4.74 Å². The lowest BCUT2D eigenvalue weighted by atomic mass is 9.98. The highest BCUT2D eigenvalue weighted by atomic mass is 16.5. The minimum Gasteiger partial charge on any atom is -0.508 e. The van der Waals surface area contributed by atoms with Gasteiger partial charge in [0.15, 0.2) is 0 Å². The number of rotatable bonds is 5. The average Bonchev–Trinajstić information content (AvgIpc) is 2.96. The van der Waals surface area contributed by atoms with Crippen molar-refractivity contribution in [1.29, 1.82) is 0 Å². The van der Waals surface area contributed by atoms with Crippen molar-refractivity contribution in [3.05, 3.63) is 48.4 Å². The number of nitrogens with zero attached hydrogens (tertiary/aromatic N) is 1. The Hall–Kier alpha value is -2.82. The molecule has 2 heterocycles. The van der Waals surface area contributed by atoms with E-state index < -0.39 is 0 Å². The van der Waals surface area contributed by atoms with Gasteiger partial charge in [-0.25, -0.2) is 0 Å². The molecule has 0 unspecified atom stereocenters. The fourth-order valence-corrected chi connectivity index (χ4v) is 2.69. The largest absolute Gasteiger partial charge is 0.508 e. The molecular weight excluding hydrogens is 292 g/mol. The lowest BCUT2D eigenvalue weighted by molar-refractivity contribution is -0.143. The molecule has 0 aliphatic rings. The van der Waals surface area contributed by atoms with Gasteiger partial charge in [-0.15, -0.1) is 0 Å². The highest BCUT2D eigenvalue weighted by Crippen LogP contribution is 2.32. The number of esters is 1. The van der Waals surface area contributed by atoms with Crippen LogP contribution in [0.4, 0.5) is 0 Å². The summed E-state index contributed by atoms with van der Waals surface area (Å²) in [5.74, 6) is 0.0266. The van der Waals surface area contributed by atoms with Crippen molar-refractivity contribution in [2.45, 2.75) is 19.8 Å². The lowest BCUT2D eigenvalue weighted by Gasteiger charge is -2.08. The van der Waals surface area contributed by atoms with E-state index >= 15 is 0 Å². The second-order valence-electron chi connectivity index (χ2n) is 5.27. The van der Waals surface area contributed by atoms with Crippen LogP contribution in [0.2, 0.25) is 0 Å². The quantitative estimate of drug-likeness (QED) is 0.708. The number of aryl methyl sites for hydroxylation is 1. The Morgan fingerprint density at radius 1 is 1.30 bits per heavy atom. The number of fused-ring (bicyclic) bond motifs is 1. The number of phenolic OH excluding ortho intramolecular Hbond substituents is 1. The first kappa shape index (κ1) is 15.1.